The highest BCUT2D eigenvalue weighted by Gasteiger charge is 2.59. The van der Waals surface area contributed by atoms with Gasteiger partial charge in [0.1, 0.15) is 12.4 Å². The van der Waals surface area contributed by atoms with Gasteiger partial charge in [-0.15, -0.1) is 11.8 Å². The Morgan fingerprint density at radius 1 is 0.981 bits per heavy atom. The number of aromatic hydroxyl groups is 2. The molecule has 3 aromatic rings. The maximum absolute atomic E-state index is 14.9. The van der Waals surface area contributed by atoms with Crippen molar-refractivity contribution in [1.82, 2.24) is 14.7 Å². The van der Waals surface area contributed by atoms with E-state index < -0.39 is 28.8 Å². The fourth-order valence-electron chi connectivity index (χ4n) is 10.2. The first-order valence-electron chi connectivity index (χ1n) is 18.3. The lowest BCUT2D eigenvalue weighted by molar-refractivity contribution is -0.162. The summed E-state index contributed by atoms with van der Waals surface area (Å²) in [6, 6.07) is 4.56. The van der Waals surface area contributed by atoms with Gasteiger partial charge in [0, 0.05) is 60.1 Å². The van der Waals surface area contributed by atoms with Gasteiger partial charge in [0.05, 0.1) is 31.6 Å². The first kappa shape index (κ1) is 35.3. The van der Waals surface area contributed by atoms with E-state index in [2.05, 4.69) is 22.9 Å². The van der Waals surface area contributed by atoms with Gasteiger partial charge >= 0.3 is 11.9 Å². The maximum atomic E-state index is 14.9. The maximum Gasteiger partial charge on any atom is 0.332 e. The van der Waals surface area contributed by atoms with E-state index >= 15 is 0 Å². The van der Waals surface area contributed by atoms with Crippen molar-refractivity contribution in [3.8, 4) is 40.2 Å². The summed E-state index contributed by atoms with van der Waals surface area (Å²) in [5.41, 5.74) is 5.34. The molecule has 7 aliphatic heterocycles. The molecule has 0 saturated carbocycles. The van der Waals surface area contributed by atoms with Crippen molar-refractivity contribution >= 4 is 23.7 Å². The largest absolute Gasteiger partial charge is 0.504 e. The highest BCUT2D eigenvalue weighted by molar-refractivity contribution is 7.99. The van der Waals surface area contributed by atoms with Crippen molar-refractivity contribution in [3.63, 3.8) is 0 Å². The molecule has 4 bridgehead atoms. The number of methoxy groups -OCH3 is 2. The fourth-order valence-corrected chi connectivity index (χ4v) is 12.0. The first-order valence-corrected chi connectivity index (χ1v) is 19.4. The summed E-state index contributed by atoms with van der Waals surface area (Å²) in [5.74, 6) is 1.76. The first-order chi connectivity index (χ1) is 25.9. The molecule has 7 heterocycles. The average molecular weight is 760 g/mol. The van der Waals surface area contributed by atoms with Gasteiger partial charge in [-0.1, -0.05) is 6.07 Å². The highest BCUT2D eigenvalue weighted by Crippen LogP contribution is 2.64. The molecule has 0 amide bonds. The van der Waals surface area contributed by atoms with Crippen LogP contribution in [0.15, 0.2) is 18.2 Å². The van der Waals surface area contributed by atoms with E-state index in [0.29, 0.717) is 54.5 Å². The number of hydrogen-bond acceptors (Lipinski definition) is 14. The van der Waals surface area contributed by atoms with Gasteiger partial charge in [0.2, 0.25) is 6.79 Å². The second-order valence-electron chi connectivity index (χ2n) is 15.3. The molecule has 7 aliphatic rings. The summed E-state index contributed by atoms with van der Waals surface area (Å²) in [6.45, 7) is 6.42. The Morgan fingerprint density at radius 3 is 2.50 bits per heavy atom. The number of thioether (sulfide) groups is 1. The molecule has 286 valence electrons. The summed E-state index contributed by atoms with van der Waals surface area (Å²) in [4.78, 5) is 34.7. The van der Waals surface area contributed by atoms with Crippen LogP contribution in [0.3, 0.4) is 0 Å². The summed E-state index contributed by atoms with van der Waals surface area (Å²) in [5, 5.41) is 22.4. The number of piperazine rings is 1. The van der Waals surface area contributed by atoms with Crippen LogP contribution in [-0.4, -0.2) is 109 Å². The smallest absolute Gasteiger partial charge is 0.332 e. The molecule has 14 heteroatoms. The summed E-state index contributed by atoms with van der Waals surface area (Å²) in [6.07, 6.45) is 1.34. The number of rotatable bonds is 3. The quantitative estimate of drug-likeness (QED) is 0.288. The lowest BCUT2D eigenvalue weighted by Crippen LogP contribution is -2.65. The second kappa shape index (κ2) is 12.6. The monoisotopic (exact) mass is 759 g/mol. The number of ether oxygens (including phenoxy) is 6. The van der Waals surface area contributed by atoms with E-state index in [1.54, 1.807) is 31.0 Å². The van der Waals surface area contributed by atoms with Crippen molar-refractivity contribution < 1.29 is 48.2 Å². The predicted octanol–water partition coefficient (Wildman–Crippen LogP) is 4.44. The van der Waals surface area contributed by atoms with Gasteiger partial charge in [0.25, 0.3) is 0 Å². The third-order valence-electron chi connectivity index (χ3n) is 12.7. The summed E-state index contributed by atoms with van der Waals surface area (Å²) >= 11 is 1.60. The SMILES string of the molecule is COc1cc2c(cc1O)CCN(C)[C@]21CS[C@@H]2c3c(OC(C)=O)c(C)c4c(c3[C@@H](COC1=O)N1C[C@@H]3Cc5cc(C)c(OC)c(O)c5[C@H](C21)N3C)OCO4. The molecule has 6 atom stereocenters. The molecule has 1 spiro atoms. The number of phenols is 2. The normalized spacial score (nSPS) is 28.4. The van der Waals surface area contributed by atoms with E-state index in [1.807, 2.05) is 25.8 Å². The number of hydrogen-bond donors (Lipinski definition) is 2. The minimum absolute atomic E-state index is 0.00757. The zero-order valence-electron chi connectivity index (χ0n) is 31.5. The van der Waals surface area contributed by atoms with Gasteiger partial charge in [-0.2, -0.15) is 0 Å². The van der Waals surface area contributed by atoms with Gasteiger partial charge in [-0.3, -0.25) is 19.5 Å². The molecule has 0 radical (unpaired) electrons. The van der Waals surface area contributed by atoms with Crippen LogP contribution in [-0.2, 0) is 32.7 Å². The third-order valence-corrected chi connectivity index (χ3v) is 14.2. The molecule has 2 fully saturated rings. The number of carbonyl (C=O) groups is 2. The Balaban J connectivity index is 1.31. The Morgan fingerprint density at radius 2 is 1.76 bits per heavy atom. The van der Waals surface area contributed by atoms with Crippen molar-refractivity contribution in [2.24, 2.45) is 0 Å². The number of phenolic OH excluding ortho intramolecular Hbond substituents is 2. The minimum Gasteiger partial charge on any atom is -0.504 e. The third kappa shape index (κ3) is 4.75. The Bertz CT molecular complexity index is 2130. The van der Waals surface area contributed by atoms with Crippen molar-refractivity contribution in [2.75, 3.05) is 60.6 Å². The molecule has 3 aromatic carbocycles. The molecule has 1 unspecified atom stereocenters. The van der Waals surface area contributed by atoms with Crippen LogP contribution in [0.25, 0.3) is 0 Å². The second-order valence-corrected chi connectivity index (χ2v) is 16.4. The molecular weight excluding hydrogens is 715 g/mol. The number of esters is 2. The molecule has 0 aromatic heterocycles. The molecule has 0 aliphatic carbocycles. The topological polar surface area (TPSA) is 140 Å². The van der Waals surface area contributed by atoms with Crippen LogP contribution in [0.1, 0.15) is 68.8 Å². The predicted molar refractivity (Wildman–Crippen MR) is 198 cm³/mol. The van der Waals surface area contributed by atoms with Gasteiger partial charge in [-0.05, 0) is 75.2 Å². The molecule has 2 saturated heterocycles. The fraction of sp³-hybridized carbons (Fsp3) is 0.500. The number of benzene rings is 3. The summed E-state index contributed by atoms with van der Waals surface area (Å²) in [7, 11) is 7.12. The Hall–Kier alpha value is -4.37. The number of fused-ring (bicyclic) bond motifs is 9. The van der Waals surface area contributed by atoms with Crippen LogP contribution in [0.5, 0.6) is 40.2 Å². The summed E-state index contributed by atoms with van der Waals surface area (Å²) < 4.78 is 36.4. The van der Waals surface area contributed by atoms with Gasteiger partial charge in [-0.25, -0.2) is 4.79 Å². The number of aryl methyl sites for hydroxylation is 1. The molecule has 2 N–H and O–H groups in total. The lowest BCUT2D eigenvalue weighted by atomic mass is 9.73. The van der Waals surface area contributed by atoms with E-state index in [1.165, 1.54) is 14.0 Å². The highest BCUT2D eigenvalue weighted by atomic mass is 32.2. The minimum atomic E-state index is -1.25. The molecule has 13 nitrogen and oxygen atoms in total. The van der Waals surface area contributed by atoms with Crippen LogP contribution < -0.4 is 23.7 Å². The van der Waals surface area contributed by atoms with Crippen molar-refractivity contribution in [2.45, 2.75) is 68.6 Å². The van der Waals surface area contributed by atoms with Gasteiger partial charge < -0.3 is 38.6 Å². The zero-order valence-corrected chi connectivity index (χ0v) is 32.3. The van der Waals surface area contributed by atoms with E-state index in [0.717, 1.165) is 38.9 Å². The average Bonchev–Trinajstić information content (AvgIpc) is 3.62. The molecule has 10 rings (SSSR count). The van der Waals surface area contributed by atoms with Crippen LogP contribution in [0.4, 0.5) is 0 Å². The Labute approximate surface area is 318 Å². The van der Waals surface area contributed by atoms with E-state index in [-0.39, 0.29) is 54.5 Å². The van der Waals surface area contributed by atoms with Gasteiger partial charge in [0.15, 0.2) is 40.0 Å². The zero-order chi connectivity index (χ0) is 38.0. The number of carbonyl (C=O) groups excluding carboxylic acids is 2. The molecule has 54 heavy (non-hydrogen) atoms. The molecular formula is C40H45N3O10S. The van der Waals surface area contributed by atoms with E-state index in [4.69, 9.17) is 28.4 Å². The van der Waals surface area contributed by atoms with Crippen LogP contribution in [0.2, 0.25) is 0 Å². The standard InChI is InChI=1S/C40H45N3O10S/c1-18-10-22-11-23-14-43-25-15-50-39(47)40(24-13-27(48-6)26(45)12-21(24)8-9-41(40)4)16-54-38(32(43)31(42(23)5)28(22)33(46)34(18)49-7)30-29(25)37-36(51-17-52-37)19(2)35(30)53-20(3)44/h10,12-13,23,25,31-32,38,45-46H,8-9,11,14-17H2,1-7H3/t23-,25+,31+,32?,38+,40+/m0/s1. The van der Waals surface area contributed by atoms with Crippen LogP contribution >= 0.6 is 11.8 Å². The Kier molecular flexibility index (Phi) is 8.24. The van der Waals surface area contributed by atoms with Crippen LogP contribution in [0, 0.1) is 13.8 Å². The van der Waals surface area contributed by atoms with Crippen molar-refractivity contribution in [3.05, 3.63) is 62.7 Å². The van der Waals surface area contributed by atoms with E-state index in [9.17, 15) is 19.8 Å². The van der Waals surface area contributed by atoms with Crippen molar-refractivity contribution in [1.29, 1.82) is 0 Å². The lowest BCUT2D eigenvalue weighted by Gasteiger charge is -2.60. The number of nitrogens with zero attached hydrogens (tertiary/aromatic N) is 3. The number of likely N-dealkylation sites (N-methyl/N-ethyl adjacent to an activating group) is 2.